The summed E-state index contributed by atoms with van der Waals surface area (Å²) in [7, 11) is 1.40. The first-order valence-electron chi connectivity index (χ1n) is 7.83. The highest BCUT2D eigenvalue weighted by atomic mass is 16.4. The molecule has 1 unspecified atom stereocenters. The third-order valence-electron chi connectivity index (χ3n) is 4.20. The highest BCUT2D eigenvalue weighted by Gasteiger charge is 2.18. The van der Waals surface area contributed by atoms with Gasteiger partial charge in [-0.2, -0.15) is 0 Å². The minimum atomic E-state index is -1.11. The molecule has 9 nitrogen and oxygen atoms in total. The predicted octanol–water partition coefficient (Wildman–Crippen LogP) is 0.332. The lowest BCUT2D eigenvalue weighted by molar-refractivity contribution is 0.151. The Morgan fingerprint density at radius 2 is 1.96 bits per heavy atom. The molecular weight excluding hydrogens is 340 g/mol. The molecule has 0 aliphatic rings. The van der Waals surface area contributed by atoms with Gasteiger partial charge in [0.2, 0.25) is 0 Å². The molecule has 4 rings (SSSR count). The topological polar surface area (TPSA) is 134 Å². The van der Waals surface area contributed by atoms with Crippen molar-refractivity contribution in [3.05, 3.63) is 73.0 Å². The van der Waals surface area contributed by atoms with Crippen LogP contribution >= 0.6 is 0 Å². The molecule has 0 amide bonds. The molecule has 1 aromatic carbocycles. The summed E-state index contributed by atoms with van der Waals surface area (Å²) >= 11 is 0. The normalized spacial score (nSPS) is 12.7. The van der Waals surface area contributed by atoms with Crippen LogP contribution in [0.5, 0.6) is 0 Å². The van der Waals surface area contributed by atoms with Crippen LogP contribution in [0.15, 0.2) is 49.1 Å². The lowest BCUT2D eigenvalue weighted by Crippen LogP contribution is -2.32. The number of aliphatic hydroxyl groups is 1. The van der Waals surface area contributed by atoms with Crippen LogP contribution in [0.25, 0.3) is 22.1 Å². The maximum atomic E-state index is 12.3. The summed E-state index contributed by atoms with van der Waals surface area (Å²) in [4.78, 5) is 44.5. The number of benzene rings is 1. The van der Waals surface area contributed by atoms with E-state index in [4.69, 9.17) is 4.42 Å². The number of aryl methyl sites for hydroxylation is 1. The molecule has 3 heterocycles. The zero-order valence-electron chi connectivity index (χ0n) is 13.6. The molecule has 0 bridgehead atoms. The van der Waals surface area contributed by atoms with E-state index in [1.165, 1.54) is 7.05 Å². The van der Waals surface area contributed by atoms with Crippen molar-refractivity contribution < 1.29 is 9.52 Å². The molecule has 1 atom stereocenters. The Kier molecular flexibility index (Phi) is 3.58. The number of hydrogen-bond acceptors (Lipinski definition) is 6. The van der Waals surface area contributed by atoms with Gasteiger partial charge in [0, 0.05) is 18.9 Å². The fourth-order valence-corrected chi connectivity index (χ4v) is 2.81. The van der Waals surface area contributed by atoms with Gasteiger partial charge in [-0.15, -0.1) is 0 Å². The van der Waals surface area contributed by atoms with E-state index in [0.717, 1.165) is 9.95 Å². The van der Waals surface area contributed by atoms with Crippen LogP contribution in [0.1, 0.15) is 17.6 Å². The summed E-state index contributed by atoms with van der Waals surface area (Å²) in [5.74, 6) is 0.293. The van der Waals surface area contributed by atoms with Gasteiger partial charge in [-0.25, -0.2) is 9.78 Å². The zero-order valence-corrected chi connectivity index (χ0v) is 13.6. The van der Waals surface area contributed by atoms with E-state index >= 15 is 0 Å². The number of nitrogens with one attached hydrogen (secondary N) is 2. The summed E-state index contributed by atoms with van der Waals surface area (Å²) in [6.45, 7) is 0. The number of furan rings is 1. The van der Waals surface area contributed by atoms with E-state index in [0.29, 0.717) is 11.3 Å². The monoisotopic (exact) mass is 354 g/mol. The van der Waals surface area contributed by atoms with Crippen molar-refractivity contribution in [2.75, 3.05) is 0 Å². The highest BCUT2D eigenvalue weighted by molar-refractivity contribution is 5.77. The second-order valence-corrected chi connectivity index (χ2v) is 5.93. The Morgan fingerprint density at radius 1 is 1.19 bits per heavy atom. The first kappa shape index (κ1) is 16.0. The van der Waals surface area contributed by atoms with Crippen LogP contribution in [0.3, 0.4) is 0 Å². The maximum Gasteiger partial charge on any atom is 0.329 e. The summed E-state index contributed by atoms with van der Waals surface area (Å²) in [5.41, 5.74) is -1.44. The first-order chi connectivity index (χ1) is 12.4. The van der Waals surface area contributed by atoms with Crippen LogP contribution in [-0.4, -0.2) is 24.6 Å². The summed E-state index contributed by atoms with van der Waals surface area (Å²) < 4.78 is 6.67. The zero-order chi connectivity index (χ0) is 18.4. The van der Waals surface area contributed by atoms with E-state index in [1.54, 1.807) is 12.1 Å². The molecule has 3 N–H and O–H groups in total. The number of H-pyrrole nitrogens is 2. The first-order valence-corrected chi connectivity index (χ1v) is 7.83. The summed E-state index contributed by atoms with van der Waals surface area (Å²) in [6.07, 6.45) is -1.26. The fraction of sp³-hybridized carbons (Fsp3) is 0.176. The molecule has 9 heteroatoms. The van der Waals surface area contributed by atoms with Crippen molar-refractivity contribution in [1.29, 1.82) is 0 Å². The number of para-hydroxylation sites is 1. The number of aliphatic hydroxyl groups excluding tert-OH is 1. The van der Waals surface area contributed by atoms with Gasteiger partial charge in [0.05, 0.1) is 0 Å². The fourth-order valence-electron chi connectivity index (χ4n) is 2.81. The maximum absolute atomic E-state index is 12.3. The van der Waals surface area contributed by atoms with Crippen LogP contribution in [0, 0.1) is 0 Å². The number of fused-ring (bicyclic) bond motifs is 2. The third kappa shape index (κ3) is 2.54. The highest BCUT2D eigenvalue weighted by Crippen LogP contribution is 2.25. The van der Waals surface area contributed by atoms with Crippen LogP contribution in [-0.2, 0) is 13.5 Å². The van der Waals surface area contributed by atoms with E-state index in [9.17, 15) is 19.5 Å². The van der Waals surface area contributed by atoms with Crippen molar-refractivity contribution in [3.8, 4) is 0 Å². The Hall–Kier alpha value is -3.46. The molecule has 0 saturated heterocycles. The number of rotatable bonds is 3. The van der Waals surface area contributed by atoms with Crippen LogP contribution < -0.4 is 16.8 Å². The largest absolute Gasteiger partial charge is 0.458 e. The Bertz CT molecular complexity index is 1280. The number of nitrogens with zero attached hydrogens (tertiary/aromatic N) is 2. The minimum Gasteiger partial charge on any atom is -0.458 e. The van der Waals surface area contributed by atoms with E-state index in [2.05, 4.69) is 15.0 Å². The molecular formula is C17H14N4O5. The van der Waals surface area contributed by atoms with E-state index in [-0.39, 0.29) is 23.3 Å². The second kappa shape index (κ2) is 5.81. The smallest absolute Gasteiger partial charge is 0.329 e. The molecule has 26 heavy (non-hydrogen) atoms. The van der Waals surface area contributed by atoms with Gasteiger partial charge < -0.3 is 14.5 Å². The molecule has 0 radical (unpaired) electrons. The van der Waals surface area contributed by atoms with Crippen molar-refractivity contribution in [2.24, 2.45) is 7.05 Å². The third-order valence-corrected chi connectivity index (χ3v) is 4.20. The molecule has 0 aliphatic carbocycles. The standard InChI is InChI=1S/C17H14N4O5/c1-21-14-13(16(24)20-17(21)25)18-9(15(23)19-14)7-10(22)12-6-8-4-2-3-5-11(8)26-12/h2-6,10,22H,7H2,1H3,(H,19,23)(H,20,24,25). The van der Waals surface area contributed by atoms with Gasteiger partial charge in [0.15, 0.2) is 5.52 Å². The Balaban J connectivity index is 1.77. The lowest BCUT2D eigenvalue weighted by atomic mass is 10.1. The Morgan fingerprint density at radius 3 is 2.73 bits per heavy atom. The average molecular weight is 354 g/mol. The molecule has 0 aliphatic heterocycles. The van der Waals surface area contributed by atoms with Crippen molar-refractivity contribution >= 4 is 22.1 Å². The van der Waals surface area contributed by atoms with Gasteiger partial charge in [-0.1, -0.05) is 18.2 Å². The lowest BCUT2D eigenvalue weighted by Gasteiger charge is -2.08. The van der Waals surface area contributed by atoms with Gasteiger partial charge in [0.25, 0.3) is 11.1 Å². The molecule has 3 aromatic heterocycles. The van der Waals surface area contributed by atoms with Gasteiger partial charge in [-0.3, -0.25) is 19.1 Å². The Labute approximate surface area is 144 Å². The van der Waals surface area contributed by atoms with Crippen molar-refractivity contribution in [3.63, 3.8) is 0 Å². The van der Waals surface area contributed by atoms with E-state index < -0.39 is 22.9 Å². The molecule has 0 spiro atoms. The SMILES string of the molecule is Cn1c(=O)[nH]c(=O)c2nc(CC(O)c3cc4ccccc4o3)c(=O)[nH]c21. The summed E-state index contributed by atoms with van der Waals surface area (Å²) in [6, 6.07) is 8.96. The quantitative estimate of drug-likeness (QED) is 0.485. The van der Waals surface area contributed by atoms with Crippen molar-refractivity contribution in [2.45, 2.75) is 12.5 Å². The predicted molar refractivity (Wildman–Crippen MR) is 93.1 cm³/mol. The average Bonchev–Trinajstić information content (AvgIpc) is 3.05. The summed E-state index contributed by atoms with van der Waals surface area (Å²) in [5, 5.41) is 11.2. The van der Waals surface area contributed by atoms with Gasteiger partial charge in [-0.05, 0) is 12.1 Å². The minimum absolute atomic E-state index is 0.0192. The van der Waals surface area contributed by atoms with Crippen molar-refractivity contribution in [1.82, 2.24) is 19.5 Å². The molecule has 0 saturated carbocycles. The number of hydrogen-bond donors (Lipinski definition) is 3. The van der Waals surface area contributed by atoms with Crippen LogP contribution in [0.2, 0.25) is 0 Å². The second-order valence-electron chi connectivity index (χ2n) is 5.93. The molecule has 4 aromatic rings. The number of aromatic nitrogens is 4. The van der Waals surface area contributed by atoms with E-state index in [1.807, 2.05) is 18.2 Å². The van der Waals surface area contributed by atoms with Crippen LogP contribution in [0.4, 0.5) is 0 Å². The number of aromatic amines is 2. The molecule has 132 valence electrons. The van der Waals surface area contributed by atoms with Gasteiger partial charge >= 0.3 is 5.69 Å². The molecule has 0 fully saturated rings. The van der Waals surface area contributed by atoms with Gasteiger partial charge in [0.1, 0.15) is 28.8 Å².